The van der Waals surface area contributed by atoms with Crippen molar-refractivity contribution in [2.24, 2.45) is 0 Å². The van der Waals surface area contributed by atoms with Crippen molar-refractivity contribution in [3.05, 3.63) is 0 Å². The van der Waals surface area contributed by atoms with Crippen LogP contribution in [0.2, 0.25) is 0 Å². The summed E-state index contributed by atoms with van der Waals surface area (Å²) in [7, 11) is 0. The van der Waals surface area contributed by atoms with Gasteiger partial charge in [-0.25, -0.2) is 0 Å². The van der Waals surface area contributed by atoms with Gasteiger partial charge in [0.05, 0.1) is 11.9 Å². The van der Waals surface area contributed by atoms with E-state index in [1.807, 2.05) is 0 Å². The second-order valence-electron chi connectivity index (χ2n) is 1.57. The van der Waals surface area contributed by atoms with Crippen LogP contribution in [0.4, 0.5) is 0 Å². The molecule has 0 aliphatic heterocycles. The number of rotatable bonds is 0. The molecule has 0 saturated heterocycles. The number of hydrogen-bond donors (Lipinski definition) is 0. The minimum atomic E-state index is -2.28. The van der Waals surface area contributed by atoms with Crippen molar-refractivity contribution in [2.75, 3.05) is 0 Å². The molecule has 4 nitrogen and oxygen atoms in total. The summed E-state index contributed by atoms with van der Waals surface area (Å²) in [6, 6.07) is 0. The molecule has 0 bridgehead atoms. The third-order valence-electron chi connectivity index (χ3n) is 0.463. The van der Waals surface area contributed by atoms with Crippen molar-refractivity contribution in [1.82, 2.24) is 0 Å². The number of aliphatic carboxylic acids is 2. The van der Waals surface area contributed by atoms with Gasteiger partial charge in [0.2, 0.25) is 7.59 Å². The summed E-state index contributed by atoms with van der Waals surface area (Å²) in [6.07, 6.45) is 0. The Labute approximate surface area is 134 Å². The number of carboxylic acid groups (broad SMARTS) is 2. The van der Waals surface area contributed by atoms with E-state index in [4.69, 9.17) is 69.6 Å². The van der Waals surface area contributed by atoms with E-state index in [1.165, 1.54) is 0 Å². The van der Waals surface area contributed by atoms with E-state index in [0.717, 1.165) is 0 Å². The van der Waals surface area contributed by atoms with Crippen LogP contribution in [-0.4, -0.2) is 45.7 Å². The van der Waals surface area contributed by atoms with Crippen LogP contribution in [0.15, 0.2) is 0 Å². The van der Waals surface area contributed by atoms with Gasteiger partial charge in [-0.1, -0.05) is 69.6 Å². The Bertz CT molecular complexity index is 196. The minimum absolute atomic E-state index is 0. The van der Waals surface area contributed by atoms with Crippen molar-refractivity contribution < 1.29 is 19.8 Å². The topological polar surface area (TPSA) is 80.3 Å². The van der Waals surface area contributed by atoms with Crippen molar-refractivity contribution in [3.8, 4) is 0 Å². The molecule has 0 heterocycles. The summed E-state index contributed by atoms with van der Waals surface area (Å²) in [5, 5.41) is 19.0. The van der Waals surface area contributed by atoms with Crippen LogP contribution in [-0.2, 0) is 9.59 Å². The molecule has 0 aromatic carbocycles. The normalized spacial score (nSPS) is 10.5. The standard InChI is InChI=1S/2C2HCl3O2.Bi/c2*3-2(4,5)1(6)7;/h2*(H,6,7);/p-2. The predicted molar refractivity (Wildman–Crippen MR) is 56.3 cm³/mol. The average Bonchev–Trinajstić information content (AvgIpc) is 1.83. The van der Waals surface area contributed by atoms with Gasteiger partial charge < -0.3 is 19.8 Å². The van der Waals surface area contributed by atoms with E-state index >= 15 is 0 Å². The zero-order chi connectivity index (χ0) is 12.2. The van der Waals surface area contributed by atoms with Crippen LogP contribution >= 0.6 is 69.6 Å². The second-order valence-corrected chi connectivity index (χ2v) is 6.13. The third-order valence-corrected chi connectivity index (χ3v) is 1.39. The summed E-state index contributed by atoms with van der Waals surface area (Å²) in [5.41, 5.74) is 0. The van der Waals surface area contributed by atoms with E-state index in [1.54, 1.807) is 0 Å². The fourth-order valence-corrected chi connectivity index (χ4v) is 0. The van der Waals surface area contributed by atoms with Gasteiger partial charge in [0, 0.05) is 26.2 Å². The van der Waals surface area contributed by atoms with Gasteiger partial charge in [-0.2, -0.15) is 0 Å². The maximum atomic E-state index is 9.51. The Balaban J connectivity index is -0.000000180. The van der Waals surface area contributed by atoms with E-state index in [0.29, 0.717) is 0 Å². The van der Waals surface area contributed by atoms with Crippen molar-refractivity contribution in [2.45, 2.75) is 7.59 Å². The van der Waals surface area contributed by atoms with E-state index < -0.39 is 19.5 Å². The fraction of sp³-hybridized carbons (Fsp3) is 0.500. The number of hydrogen-bond acceptors (Lipinski definition) is 4. The number of halogens is 6. The van der Waals surface area contributed by atoms with E-state index in [-0.39, 0.29) is 26.2 Å². The molecule has 0 aromatic rings. The molecule has 3 radical (unpaired) electrons. The average molecular weight is 534 g/mol. The molecule has 11 heteroatoms. The summed E-state index contributed by atoms with van der Waals surface area (Å²) in [5.74, 6) is -3.42. The zero-order valence-corrected chi connectivity index (χ0v) is 14.4. The first-order chi connectivity index (χ1) is 5.89. The largest absolute Gasteiger partial charge is 0.545 e. The van der Waals surface area contributed by atoms with Crippen LogP contribution in [0.5, 0.6) is 0 Å². The predicted octanol–water partition coefficient (Wildman–Crippen LogP) is -0.168. The molecule has 15 heavy (non-hydrogen) atoms. The van der Waals surface area contributed by atoms with Crippen LogP contribution in [0.25, 0.3) is 0 Å². The number of alkyl halides is 6. The van der Waals surface area contributed by atoms with Crippen molar-refractivity contribution >= 4 is 108 Å². The first-order valence-electron chi connectivity index (χ1n) is 2.45. The van der Waals surface area contributed by atoms with Gasteiger partial charge in [-0.3, -0.25) is 0 Å². The molecule has 89 valence electrons. The zero-order valence-electron chi connectivity index (χ0n) is 6.35. The first kappa shape index (κ1) is 21.8. The molecule has 0 N–H and O–H groups in total. The molecule has 0 unspecified atom stereocenters. The van der Waals surface area contributed by atoms with E-state index in [2.05, 4.69) is 0 Å². The SMILES string of the molecule is O=C([O-])C(Cl)(Cl)Cl.O=C([O-])C(Cl)(Cl)Cl.[Bi]. The second kappa shape index (κ2) is 8.62. The summed E-state index contributed by atoms with van der Waals surface area (Å²) < 4.78 is -4.56. The van der Waals surface area contributed by atoms with Gasteiger partial charge in [0.1, 0.15) is 0 Å². The molecule has 0 amide bonds. The van der Waals surface area contributed by atoms with Gasteiger partial charge in [0.15, 0.2) is 0 Å². The summed E-state index contributed by atoms with van der Waals surface area (Å²) in [6.45, 7) is 0. The number of carboxylic acids is 2. The molecule has 0 aliphatic rings. The molecule has 0 rings (SSSR count). The molecular formula is C4BiCl6O4-2. The van der Waals surface area contributed by atoms with Crippen molar-refractivity contribution in [3.63, 3.8) is 0 Å². The molecule has 0 atom stereocenters. The van der Waals surface area contributed by atoms with Crippen molar-refractivity contribution in [1.29, 1.82) is 0 Å². The Morgan fingerprint density at radius 3 is 0.800 bits per heavy atom. The number of carbonyl (C=O) groups is 2. The Hall–Kier alpha value is 1.56. The maximum Gasteiger partial charge on any atom is 0.230 e. The van der Waals surface area contributed by atoms with Gasteiger partial charge in [-0.15, -0.1) is 0 Å². The molecular weight excluding hydrogens is 534 g/mol. The number of carbonyl (C=O) groups excluding carboxylic acids is 2. The molecule has 0 aliphatic carbocycles. The van der Waals surface area contributed by atoms with Crippen LogP contribution in [0.3, 0.4) is 0 Å². The fourth-order valence-electron chi connectivity index (χ4n) is 0. The van der Waals surface area contributed by atoms with E-state index in [9.17, 15) is 19.8 Å². The minimum Gasteiger partial charge on any atom is -0.545 e. The van der Waals surface area contributed by atoms with Crippen LogP contribution in [0, 0.1) is 0 Å². The summed E-state index contributed by atoms with van der Waals surface area (Å²) in [4.78, 5) is 19.0. The summed E-state index contributed by atoms with van der Waals surface area (Å²) >= 11 is 28.4. The van der Waals surface area contributed by atoms with Gasteiger partial charge >= 0.3 is 0 Å². The Morgan fingerprint density at radius 1 is 0.733 bits per heavy atom. The van der Waals surface area contributed by atoms with Gasteiger partial charge in [0.25, 0.3) is 0 Å². The molecule has 0 aromatic heterocycles. The molecule has 0 spiro atoms. The molecule has 0 saturated carbocycles. The van der Waals surface area contributed by atoms with Gasteiger partial charge in [-0.05, 0) is 0 Å². The quantitative estimate of drug-likeness (QED) is 0.320. The molecule has 0 fully saturated rings. The van der Waals surface area contributed by atoms with Crippen LogP contribution < -0.4 is 10.2 Å². The smallest absolute Gasteiger partial charge is 0.230 e. The first-order valence-corrected chi connectivity index (χ1v) is 4.72. The third kappa shape index (κ3) is 15.6. The maximum absolute atomic E-state index is 9.51. The Morgan fingerprint density at radius 2 is 0.800 bits per heavy atom. The Kier molecular flexibility index (Phi) is 12.5. The van der Waals surface area contributed by atoms with Crippen LogP contribution in [0.1, 0.15) is 0 Å². The monoisotopic (exact) mass is 531 g/mol.